The lowest BCUT2D eigenvalue weighted by Gasteiger charge is -2.34. The van der Waals surface area contributed by atoms with Gasteiger partial charge in [0.05, 0.1) is 36.1 Å². The lowest BCUT2D eigenvalue weighted by atomic mass is 9.94. The lowest BCUT2D eigenvalue weighted by Crippen LogP contribution is -2.42. The van der Waals surface area contributed by atoms with Crippen molar-refractivity contribution in [2.24, 2.45) is 0 Å². The molecule has 3 aromatic rings. The molecule has 0 radical (unpaired) electrons. The molecule has 1 aliphatic heterocycles. The number of hydrogen-bond donors (Lipinski definition) is 0. The zero-order valence-corrected chi connectivity index (χ0v) is 21.3. The number of hydrogen-bond acceptors (Lipinski definition) is 5. The molecule has 7 heteroatoms. The van der Waals surface area contributed by atoms with E-state index in [1.165, 1.54) is 44.7 Å². The van der Waals surface area contributed by atoms with Crippen molar-refractivity contribution in [3.05, 3.63) is 47.5 Å². The highest BCUT2D eigenvalue weighted by Crippen LogP contribution is 2.39. The summed E-state index contributed by atoms with van der Waals surface area (Å²) in [5.41, 5.74) is 5.36. The number of anilines is 1. The highest BCUT2D eigenvalue weighted by Gasteiger charge is 2.32. The van der Waals surface area contributed by atoms with Crippen LogP contribution >= 0.6 is 0 Å². The highest BCUT2D eigenvalue weighted by molar-refractivity contribution is 5.95. The van der Waals surface area contributed by atoms with Gasteiger partial charge in [-0.3, -0.25) is 9.88 Å². The van der Waals surface area contributed by atoms with E-state index in [1.54, 1.807) is 11.1 Å². The largest absolute Gasteiger partial charge is 0.489 e. The van der Waals surface area contributed by atoms with Crippen molar-refractivity contribution >= 4 is 22.8 Å². The van der Waals surface area contributed by atoms with E-state index in [0.717, 1.165) is 46.7 Å². The summed E-state index contributed by atoms with van der Waals surface area (Å²) in [5, 5.41) is 0. The highest BCUT2D eigenvalue weighted by atomic mass is 16.5. The van der Waals surface area contributed by atoms with Gasteiger partial charge in [0.25, 0.3) is 0 Å². The Kier molecular flexibility index (Phi) is 6.67. The fourth-order valence-electron chi connectivity index (χ4n) is 5.77. The van der Waals surface area contributed by atoms with E-state index in [0.29, 0.717) is 12.5 Å². The molecule has 0 N–H and O–H groups in total. The van der Waals surface area contributed by atoms with Crippen molar-refractivity contribution in [1.29, 1.82) is 0 Å². The number of aryl methyl sites for hydroxylation is 1. The summed E-state index contributed by atoms with van der Waals surface area (Å²) in [6.45, 7) is 6.13. The van der Waals surface area contributed by atoms with Gasteiger partial charge in [0.15, 0.2) is 0 Å². The molecule has 1 atom stereocenters. The lowest BCUT2D eigenvalue weighted by molar-refractivity contribution is 0.175. The number of carbonyl (C=O) groups is 1. The van der Waals surface area contributed by atoms with Crippen molar-refractivity contribution in [3.63, 3.8) is 0 Å². The normalized spacial score (nSPS) is 18.7. The number of rotatable bonds is 5. The Labute approximate surface area is 207 Å². The van der Waals surface area contributed by atoms with Gasteiger partial charge in [0.1, 0.15) is 11.6 Å². The number of nitrogens with zero attached hydrogens (tertiary/aromatic N) is 4. The Morgan fingerprint density at radius 3 is 2.69 bits per heavy atom. The van der Waals surface area contributed by atoms with E-state index in [2.05, 4.69) is 34.7 Å². The van der Waals surface area contributed by atoms with Gasteiger partial charge in [0.2, 0.25) is 0 Å². The number of benzene rings is 1. The van der Waals surface area contributed by atoms with Crippen LogP contribution in [0.25, 0.3) is 11.0 Å². The van der Waals surface area contributed by atoms with E-state index < -0.39 is 0 Å². The summed E-state index contributed by atoms with van der Waals surface area (Å²) in [6, 6.07) is 6.87. The average Bonchev–Trinajstić information content (AvgIpc) is 3.21. The maximum Gasteiger partial charge on any atom is 0.414 e. The van der Waals surface area contributed by atoms with Crippen LogP contribution in [0.2, 0.25) is 0 Å². The Balaban J connectivity index is 1.61. The number of methoxy groups -OCH3 is 1. The maximum atomic E-state index is 12.6. The Bertz CT molecular complexity index is 1210. The number of carbonyl (C=O) groups excluding carboxylic acids is 1. The van der Waals surface area contributed by atoms with E-state index in [1.807, 2.05) is 20.0 Å². The van der Waals surface area contributed by atoms with Crippen LogP contribution in [0, 0.1) is 0 Å². The van der Waals surface area contributed by atoms with Gasteiger partial charge in [-0.25, -0.2) is 9.78 Å². The van der Waals surface area contributed by atoms with Crippen molar-refractivity contribution < 1.29 is 14.3 Å². The second-order valence-electron chi connectivity index (χ2n) is 10.2. The molecule has 5 rings (SSSR count). The van der Waals surface area contributed by atoms with E-state index in [4.69, 9.17) is 14.5 Å². The third kappa shape index (κ3) is 4.60. The first-order valence-electron chi connectivity index (χ1n) is 13.0. The maximum absolute atomic E-state index is 12.6. The van der Waals surface area contributed by atoms with Gasteiger partial charge in [-0.05, 0) is 70.2 Å². The molecular formula is C28H36N4O3. The Morgan fingerprint density at radius 2 is 1.94 bits per heavy atom. The smallest absolute Gasteiger partial charge is 0.414 e. The van der Waals surface area contributed by atoms with Crippen LogP contribution in [0.1, 0.15) is 82.3 Å². The first-order chi connectivity index (χ1) is 17.0. The topological polar surface area (TPSA) is 69.5 Å². The third-order valence-electron chi connectivity index (χ3n) is 7.34. The van der Waals surface area contributed by atoms with Crippen LogP contribution < -0.4 is 9.64 Å². The number of amides is 1. The molecular weight excluding hydrogens is 440 g/mol. The monoisotopic (exact) mass is 476 g/mol. The molecule has 2 aromatic heterocycles. The standard InChI is InChI=1S/C28H36N4O3/c1-18(2)35-22-14-20(16-29-17-22)15-26-30-27-23-11-10-19(3)31(28(33)34-4)24(23)12-13-25(27)32(26)21-8-6-5-7-9-21/h12-14,16-19,21H,5-11,15H2,1-4H3/t19-/m0/s1. The van der Waals surface area contributed by atoms with Crippen LogP contribution in [-0.4, -0.2) is 39.9 Å². The third-order valence-corrected chi connectivity index (χ3v) is 7.34. The molecule has 186 valence electrons. The minimum Gasteiger partial charge on any atom is -0.489 e. The number of aromatic nitrogens is 3. The van der Waals surface area contributed by atoms with Crippen molar-refractivity contribution in [2.45, 2.75) is 90.3 Å². The van der Waals surface area contributed by atoms with E-state index >= 15 is 0 Å². The van der Waals surface area contributed by atoms with Gasteiger partial charge >= 0.3 is 6.09 Å². The second-order valence-corrected chi connectivity index (χ2v) is 10.2. The molecule has 0 spiro atoms. The van der Waals surface area contributed by atoms with E-state index in [9.17, 15) is 4.79 Å². The zero-order chi connectivity index (χ0) is 24.5. The van der Waals surface area contributed by atoms with Gasteiger partial charge < -0.3 is 14.0 Å². The summed E-state index contributed by atoms with van der Waals surface area (Å²) < 4.78 is 13.5. The van der Waals surface area contributed by atoms with Crippen LogP contribution in [0.3, 0.4) is 0 Å². The molecule has 0 unspecified atom stereocenters. The summed E-state index contributed by atoms with van der Waals surface area (Å²) in [7, 11) is 1.45. The summed E-state index contributed by atoms with van der Waals surface area (Å²) in [6.07, 6.45) is 12.1. The SMILES string of the molecule is COC(=O)N1c2ccc3c(nc(Cc4cncc(OC(C)C)c4)n3C3CCCCC3)c2CC[C@@H]1C. The minimum absolute atomic E-state index is 0.0991. The predicted molar refractivity (Wildman–Crippen MR) is 137 cm³/mol. The van der Waals surface area contributed by atoms with Crippen LogP contribution in [-0.2, 0) is 17.6 Å². The van der Waals surface area contributed by atoms with Gasteiger partial charge in [-0.15, -0.1) is 0 Å². The Morgan fingerprint density at radius 1 is 1.14 bits per heavy atom. The van der Waals surface area contributed by atoms with Crippen molar-refractivity contribution in [1.82, 2.24) is 14.5 Å². The number of fused-ring (bicyclic) bond motifs is 3. The fourth-order valence-corrected chi connectivity index (χ4v) is 5.77. The van der Waals surface area contributed by atoms with Gasteiger partial charge in [0, 0.05) is 30.3 Å². The molecule has 1 saturated carbocycles. The second kappa shape index (κ2) is 9.88. The average molecular weight is 477 g/mol. The van der Waals surface area contributed by atoms with Crippen LogP contribution in [0.5, 0.6) is 5.75 Å². The van der Waals surface area contributed by atoms with Crippen LogP contribution in [0.4, 0.5) is 10.5 Å². The molecule has 1 amide bonds. The molecule has 7 nitrogen and oxygen atoms in total. The number of pyridine rings is 1. The molecule has 2 aliphatic rings. The predicted octanol–water partition coefficient (Wildman–Crippen LogP) is 6.22. The number of ether oxygens (including phenoxy) is 2. The summed E-state index contributed by atoms with van der Waals surface area (Å²) in [4.78, 5) is 24.1. The molecule has 3 heterocycles. The van der Waals surface area contributed by atoms with Crippen LogP contribution in [0.15, 0.2) is 30.6 Å². The quantitative estimate of drug-likeness (QED) is 0.437. The fraction of sp³-hybridized carbons (Fsp3) is 0.536. The summed E-state index contributed by atoms with van der Waals surface area (Å²) >= 11 is 0. The minimum atomic E-state index is -0.308. The molecule has 1 aliphatic carbocycles. The van der Waals surface area contributed by atoms with Gasteiger partial charge in [-0.2, -0.15) is 0 Å². The first-order valence-corrected chi connectivity index (χ1v) is 13.0. The Hall–Kier alpha value is -3.09. The number of imidazole rings is 1. The van der Waals surface area contributed by atoms with E-state index in [-0.39, 0.29) is 18.2 Å². The molecule has 1 fully saturated rings. The molecule has 35 heavy (non-hydrogen) atoms. The molecule has 0 bridgehead atoms. The van der Waals surface area contributed by atoms with Crippen molar-refractivity contribution in [3.8, 4) is 5.75 Å². The zero-order valence-electron chi connectivity index (χ0n) is 21.3. The molecule has 0 saturated heterocycles. The first kappa shape index (κ1) is 23.6. The summed E-state index contributed by atoms with van der Waals surface area (Å²) in [5.74, 6) is 1.85. The van der Waals surface area contributed by atoms with Crippen molar-refractivity contribution in [2.75, 3.05) is 12.0 Å². The molecule has 1 aromatic carbocycles. The van der Waals surface area contributed by atoms with Gasteiger partial charge in [-0.1, -0.05) is 19.3 Å².